The quantitative estimate of drug-likeness (QED) is 0.698. The lowest BCUT2D eigenvalue weighted by atomic mass is 10.1. The molecule has 0 aliphatic heterocycles. The largest absolute Gasteiger partial charge is 0.473 e. The molecule has 0 spiro atoms. The van der Waals surface area contributed by atoms with E-state index in [9.17, 15) is 13.6 Å². The number of ether oxygens (including phenoxy) is 1. The number of halogens is 2. The molecule has 10 heteroatoms. The summed E-state index contributed by atoms with van der Waals surface area (Å²) in [5.41, 5.74) is -0.488. The third-order valence-electron chi connectivity index (χ3n) is 3.29. The van der Waals surface area contributed by atoms with Gasteiger partial charge in [0.1, 0.15) is 12.9 Å². The second kappa shape index (κ2) is 6.52. The maximum atomic E-state index is 13.3. The van der Waals surface area contributed by atoms with E-state index in [1.54, 1.807) is 0 Å². The maximum Gasteiger partial charge on any atom is 0.368 e. The van der Waals surface area contributed by atoms with Gasteiger partial charge in [0, 0.05) is 30.4 Å². The highest BCUT2D eigenvalue weighted by molar-refractivity contribution is 5.45. The van der Waals surface area contributed by atoms with Crippen molar-refractivity contribution in [3.05, 3.63) is 58.4 Å². The van der Waals surface area contributed by atoms with Gasteiger partial charge in [-0.3, -0.25) is 0 Å². The molecule has 3 aromatic rings. The van der Waals surface area contributed by atoms with Crippen LogP contribution in [0.3, 0.4) is 0 Å². The molecule has 24 heavy (non-hydrogen) atoms. The van der Waals surface area contributed by atoms with Gasteiger partial charge in [0.05, 0.1) is 5.69 Å². The van der Waals surface area contributed by atoms with E-state index in [4.69, 9.17) is 4.74 Å². The van der Waals surface area contributed by atoms with Crippen LogP contribution in [0.25, 0.3) is 5.69 Å². The molecule has 3 rings (SSSR count). The molecule has 0 unspecified atom stereocenters. The predicted octanol–water partition coefficient (Wildman–Crippen LogP) is 1.27. The highest BCUT2D eigenvalue weighted by Crippen LogP contribution is 2.27. The minimum atomic E-state index is -2.73. The van der Waals surface area contributed by atoms with Gasteiger partial charge in [-0.2, -0.15) is 9.36 Å². The first-order valence-corrected chi connectivity index (χ1v) is 6.86. The first kappa shape index (κ1) is 15.7. The molecule has 0 saturated heterocycles. The minimum Gasteiger partial charge on any atom is -0.473 e. The zero-order valence-corrected chi connectivity index (χ0v) is 12.5. The summed E-state index contributed by atoms with van der Waals surface area (Å²) >= 11 is 0. The summed E-state index contributed by atoms with van der Waals surface area (Å²) in [4.78, 5) is 19.6. The Morgan fingerprint density at radius 1 is 1.25 bits per heavy atom. The molecule has 0 amide bonds. The lowest BCUT2D eigenvalue weighted by Gasteiger charge is -2.14. The third kappa shape index (κ3) is 2.98. The Kier molecular flexibility index (Phi) is 4.27. The Bertz CT molecular complexity index is 894. The molecule has 2 heterocycles. The molecule has 0 atom stereocenters. The molecule has 124 valence electrons. The van der Waals surface area contributed by atoms with Crippen molar-refractivity contribution in [2.75, 3.05) is 0 Å². The fourth-order valence-corrected chi connectivity index (χ4v) is 2.13. The Morgan fingerprint density at radius 2 is 2.08 bits per heavy atom. The Labute approximate surface area is 134 Å². The number of nitrogens with zero attached hydrogens (tertiary/aromatic N) is 6. The molecule has 0 aliphatic carbocycles. The molecule has 0 bridgehead atoms. The van der Waals surface area contributed by atoms with Gasteiger partial charge in [0.2, 0.25) is 5.88 Å². The molecule has 2 aromatic heterocycles. The van der Waals surface area contributed by atoms with E-state index in [0.29, 0.717) is 0 Å². The number of benzene rings is 1. The Balaban J connectivity index is 2.04. The molecule has 0 radical (unpaired) electrons. The van der Waals surface area contributed by atoms with Gasteiger partial charge in [-0.05, 0) is 16.5 Å². The van der Waals surface area contributed by atoms with Crippen LogP contribution in [0.2, 0.25) is 0 Å². The molecule has 0 aliphatic rings. The van der Waals surface area contributed by atoms with Gasteiger partial charge in [0.25, 0.3) is 6.43 Å². The van der Waals surface area contributed by atoms with Crippen LogP contribution in [0.4, 0.5) is 8.78 Å². The van der Waals surface area contributed by atoms with Gasteiger partial charge in [-0.15, -0.1) is 0 Å². The highest BCUT2D eigenvalue weighted by Gasteiger charge is 2.20. The molecular formula is C14H12F2N6O2. The van der Waals surface area contributed by atoms with Crippen molar-refractivity contribution in [1.82, 2.24) is 29.8 Å². The third-order valence-corrected chi connectivity index (χ3v) is 3.29. The Morgan fingerprint density at radius 3 is 2.71 bits per heavy atom. The molecule has 0 fully saturated rings. The predicted molar refractivity (Wildman–Crippen MR) is 77.9 cm³/mol. The molecule has 0 saturated carbocycles. The summed E-state index contributed by atoms with van der Waals surface area (Å²) in [5, 5.41) is 7.29. The summed E-state index contributed by atoms with van der Waals surface area (Å²) in [6.07, 6.45) is 0.0130. The van der Waals surface area contributed by atoms with Gasteiger partial charge in [0.15, 0.2) is 0 Å². The zero-order chi connectivity index (χ0) is 17.1. The number of alkyl halides is 2. The van der Waals surface area contributed by atoms with Gasteiger partial charge < -0.3 is 4.74 Å². The van der Waals surface area contributed by atoms with E-state index < -0.39 is 12.1 Å². The topological polar surface area (TPSA) is 87.7 Å². The van der Waals surface area contributed by atoms with Crippen molar-refractivity contribution in [2.24, 2.45) is 7.05 Å². The first-order chi connectivity index (χ1) is 11.6. The molecule has 0 N–H and O–H groups in total. The number of aromatic nitrogens is 6. The van der Waals surface area contributed by atoms with Crippen molar-refractivity contribution in [3.63, 3.8) is 0 Å². The lowest BCUT2D eigenvalue weighted by molar-refractivity contribution is 0.147. The number of tetrazole rings is 1. The first-order valence-electron chi connectivity index (χ1n) is 6.86. The van der Waals surface area contributed by atoms with Gasteiger partial charge >= 0.3 is 5.69 Å². The number of rotatable bonds is 5. The van der Waals surface area contributed by atoms with E-state index in [-0.39, 0.29) is 29.3 Å². The van der Waals surface area contributed by atoms with E-state index in [2.05, 4.69) is 20.4 Å². The van der Waals surface area contributed by atoms with Crippen LogP contribution in [-0.4, -0.2) is 29.8 Å². The standard InChI is InChI=1S/C14H12F2N6O2/c1-21-14(23)22(20-19-21)11-4-2-3-9(13(15)16)10(11)7-24-12-5-6-17-8-18-12/h2-6,8,13H,7H2,1H3. The maximum absolute atomic E-state index is 13.3. The van der Waals surface area contributed by atoms with Crippen LogP contribution in [0, 0.1) is 0 Å². The summed E-state index contributed by atoms with van der Waals surface area (Å²) in [6, 6.07) is 5.69. The Hall–Kier alpha value is -3.17. The van der Waals surface area contributed by atoms with Crippen LogP contribution < -0.4 is 10.4 Å². The number of hydrogen-bond donors (Lipinski definition) is 0. The number of aryl methyl sites for hydroxylation is 1. The van der Waals surface area contributed by atoms with Gasteiger partial charge in [-0.25, -0.2) is 23.5 Å². The lowest BCUT2D eigenvalue weighted by Crippen LogP contribution is -2.23. The second-order valence-electron chi connectivity index (χ2n) is 4.78. The minimum absolute atomic E-state index is 0.133. The van der Waals surface area contributed by atoms with E-state index in [0.717, 1.165) is 9.36 Å². The average molecular weight is 334 g/mol. The summed E-state index contributed by atoms with van der Waals surface area (Å²) < 4.78 is 34.1. The summed E-state index contributed by atoms with van der Waals surface area (Å²) in [5.74, 6) is 0.228. The van der Waals surface area contributed by atoms with Crippen LogP contribution in [0.15, 0.2) is 41.6 Å². The van der Waals surface area contributed by atoms with Crippen molar-refractivity contribution < 1.29 is 13.5 Å². The van der Waals surface area contributed by atoms with E-state index in [1.165, 1.54) is 43.8 Å². The zero-order valence-electron chi connectivity index (χ0n) is 12.5. The van der Waals surface area contributed by atoms with Crippen molar-refractivity contribution >= 4 is 0 Å². The van der Waals surface area contributed by atoms with Crippen molar-refractivity contribution in [2.45, 2.75) is 13.0 Å². The smallest absolute Gasteiger partial charge is 0.368 e. The second-order valence-corrected chi connectivity index (χ2v) is 4.78. The molecule has 8 nitrogen and oxygen atoms in total. The molecule has 1 aromatic carbocycles. The van der Waals surface area contributed by atoms with Crippen molar-refractivity contribution in [1.29, 1.82) is 0 Å². The van der Waals surface area contributed by atoms with E-state index >= 15 is 0 Å². The fraction of sp³-hybridized carbons (Fsp3) is 0.214. The monoisotopic (exact) mass is 334 g/mol. The number of hydrogen-bond acceptors (Lipinski definition) is 6. The highest BCUT2D eigenvalue weighted by atomic mass is 19.3. The van der Waals surface area contributed by atoms with Gasteiger partial charge in [-0.1, -0.05) is 12.1 Å². The summed E-state index contributed by atoms with van der Waals surface area (Å²) in [6.45, 7) is -0.212. The van der Waals surface area contributed by atoms with Crippen molar-refractivity contribution in [3.8, 4) is 11.6 Å². The van der Waals surface area contributed by atoms with E-state index in [1.807, 2.05) is 0 Å². The van der Waals surface area contributed by atoms with Crippen LogP contribution in [0.5, 0.6) is 5.88 Å². The van der Waals surface area contributed by atoms with Crippen LogP contribution in [0.1, 0.15) is 17.6 Å². The summed E-state index contributed by atoms with van der Waals surface area (Å²) in [7, 11) is 1.42. The normalized spacial score (nSPS) is 11.0. The van der Waals surface area contributed by atoms with Crippen LogP contribution >= 0.6 is 0 Å². The van der Waals surface area contributed by atoms with Crippen LogP contribution in [-0.2, 0) is 13.7 Å². The molecular weight excluding hydrogens is 322 g/mol. The SMILES string of the molecule is Cn1nnn(-c2cccc(C(F)F)c2COc2ccncn2)c1=O. The fourth-order valence-electron chi connectivity index (χ4n) is 2.13. The average Bonchev–Trinajstić information content (AvgIpc) is 2.92.